The van der Waals surface area contributed by atoms with Gasteiger partial charge in [0.2, 0.25) is 5.91 Å². The van der Waals surface area contributed by atoms with Gasteiger partial charge in [-0.3, -0.25) is 4.79 Å². The van der Waals surface area contributed by atoms with E-state index >= 15 is 0 Å². The van der Waals surface area contributed by atoms with Crippen LogP contribution < -0.4 is 10.2 Å². The first-order valence-corrected chi connectivity index (χ1v) is 8.06. The summed E-state index contributed by atoms with van der Waals surface area (Å²) in [5.74, 6) is 0.487. The van der Waals surface area contributed by atoms with Gasteiger partial charge in [-0.25, -0.2) is 4.98 Å². The number of nitrogens with one attached hydrogen (secondary N) is 1. The van der Waals surface area contributed by atoms with Gasteiger partial charge >= 0.3 is 0 Å². The summed E-state index contributed by atoms with van der Waals surface area (Å²) in [5.41, 5.74) is 2.60. The average molecular weight is 322 g/mol. The Morgan fingerprint density at radius 2 is 2.17 bits per heavy atom. The topological polar surface area (TPSA) is 71.3 Å². The molecule has 1 amide bonds. The van der Waals surface area contributed by atoms with E-state index in [1.807, 2.05) is 48.2 Å². The van der Waals surface area contributed by atoms with Crippen LogP contribution in [-0.4, -0.2) is 28.5 Å². The molecule has 1 N–H and O–H groups in total. The van der Waals surface area contributed by atoms with Crippen LogP contribution in [-0.2, 0) is 4.79 Å². The SMILES string of the molecule is Cc1ccc(NC(=O)[C@H]2CCCN2c2nc3ccccc3o2)nc1. The van der Waals surface area contributed by atoms with Crippen molar-refractivity contribution in [1.82, 2.24) is 9.97 Å². The van der Waals surface area contributed by atoms with Crippen molar-refractivity contribution in [3.8, 4) is 0 Å². The Kier molecular flexibility index (Phi) is 3.65. The fourth-order valence-corrected chi connectivity index (χ4v) is 3.00. The number of oxazole rings is 1. The fourth-order valence-electron chi connectivity index (χ4n) is 3.00. The van der Waals surface area contributed by atoms with Crippen molar-refractivity contribution in [3.05, 3.63) is 48.2 Å². The van der Waals surface area contributed by atoms with E-state index in [1.165, 1.54) is 0 Å². The molecule has 1 fully saturated rings. The molecule has 0 bridgehead atoms. The van der Waals surface area contributed by atoms with Gasteiger partial charge in [0.15, 0.2) is 5.58 Å². The van der Waals surface area contributed by atoms with Crippen LogP contribution in [0.3, 0.4) is 0 Å². The second-order valence-electron chi connectivity index (χ2n) is 6.03. The molecule has 0 radical (unpaired) electrons. The Bertz CT molecular complexity index is 839. The Balaban J connectivity index is 1.55. The number of para-hydroxylation sites is 2. The summed E-state index contributed by atoms with van der Waals surface area (Å²) >= 11 is 0. The highest BCUT2D eigenvalue weighted by Crippen LogP contribution is 2.28. The van der Waals surface area contributed by atoms with Crippen molar-refractivity contribution in [2.75, 3.05) is 16.8 Å². The van der Waals surface area contributed by atoms with E-state index in [0.29, 0.717) is 11.8 Å². The zero-order valence-electron chi connectivity index (χ0n) is 13.4. The minimum absolute atomic E-state index is 0.0777. The Hall–Kier alpha value is -2.89. The number of rotatable bonds is 3. The van der Waals surface area contributed by atoms with Crippen LogP contribution in [0.15, 0.2) is 47.0 Å². The Morgan fingerprint density at radius 3 is 2.96 bits per heavy atom. The summed E-state index contributed by atoms with van der Waals surface area (Å²) < 4.78 is 5.82. The van der Waals surface area contributed by atoms with Crippen molar-refractivity contribution in [3.63, 3.8) is 0 Å². The number of carbonyl (C=O) groups excluding carboxylic acids is 1. The molecule has 1 aromatic carbocycles. The van der Waals surface area contributed by atoms with Crippen molar-refractivity contribution in [1.29, 1.82) is 0 Å². The minimum atomic E-state index is -0.291. The molecule has 0 spiro atoms. The highest BCUT2D eigenvalue weighted by atomic mass is 16.4. The molecule has 0 saturated carbocycles. The second-order valence-corrected chi connectivity index (χ2v) is 6.03. The fraction of sp³-hybridized carbons (Fsp3) is 0.278. The van der Waals surface area contributed by atoms with Crippen molar-refractivity contribution in [2.24, 2.45) is 0 Å². The molecule has 0 aliphatic carbocycles. The van der Waals surface area contributed by atoms with E-state index in [-0.39, 0.29) is 11.9 Å². The summed E-state index contributed by atoms with van der Waals surface area (Å²) in [6.45, 7) is 2.72. The number of carbonyl (C=O) groups is 1. The van der Waals surface area contributed by atoms with Gasteiger partial charge < -0.3 is 14.6 Å². The standard InChI is InChI=1S/C18H18N4O2/c1-12-8-9-16(19-11-12)21-17(23)14-6-4-10-22(14)18-20-13-5-2-3-7-15(13)24-18/h2-3,5,7-9,11,14H,4,6,10H2,1H3,(H,19,21,23)/t14-/m1/s1. The lowest BCUT2D eigenvalue weighted by Crippen LogP contribution is -2.40. The van der Waals surface area contributed by atoms with Crippen molar-refractivity contribution >= 4 is 28.8 Å². The number of amides is 1. The van der Waals surface area contributed by atoms with Crippen LogP contribution in [0.5, 0.6) is 0 Å². The molecule has 122 valence electrons. The van der Waals surface area contributed by atoms with E-state index in [0.717, 1.165) is 36.0 Å². The molecule has 24 heavy (non-hydrogen) atoms. The maximum Gasteiger partial charge on any atom is 0.299 e. The summed E-state index contributed by atoms with van der Waals surface area (Å²) in [6.07, 6.45) is 3.44. The molecule has 6 nitrogen and oxygen atoms in total. The van der Waals surface area contributed by atoms with Gasteiger partial charge in [-0.05, 0) is 43.5 Å². The molecular weight excluding hydrogens is 304 g/mol. The summed E-state index contributed by atoms with van der Waals surface area (Å²) in [7, 11) is 0. The summed E-state index contributed by atoms with van der Waals surface area (Å²) in [5, 5.41) is 2.88. The zero-order chi connectivity index (χ0) is 16.5. The Morgan fingerprint density at radius 1 is 1.29 bits per heavy atom. The van der Waals surface area contributed by atoms with Crippen LogP contribution in [0.1, 0.15) is 18.4 Å². The molecule has 3 heterocycles. The van der Waals surface area contributed by atoms with Crippen LogP contribution >= 0.6 is 0 Å². The molecule has 1 aliphatic rings. The van der Waals surface area contributed by atoms with E-state index in [1.54, 1.807) is 6.20 Å². The molecular formula is C18H18N4O2. The first kappa shape index (κ1) is 14.7. The van der Waals surface area contributed by atoms with Crippen LogP contribution in [0.25, 0.3) is 11.1 Å². The molecule has 0 unspecified atom stereocenters. The number of fused-ring (bicyclic) bond motifs is 1. The van der Waals surface area contributed by atoms with E-state index in [2.05, 4.69) is 15.3 Å². The first-order valence-electron chi connectivity index (χ1n) is 8.06. The number of hydrogen-bond donors (Lipinski definition) is 1. The summed E-state index contributed by atoms with van der Waals surface area (Å²) in [6, 6.07) is 11.6. The van der Waals surface area contributed by atoms with Crippen LogP contribution in [0.2, 0.25) is 0 Å². The van der Waals surface area contributed by atoms with E-state index < -0.39 is 0 Å². The maximum absolute atomic E-state index is 12.6. The molecule has 3 aromatic rings. The van der Waals surface area contributed by atoms with E-state index in [9.17, 15) is 4.79 Å². The van der Waals surface area contributed by atoms with Gasteiger partial charge in [-0.2, -0.15) is 4.98 Å². The number of hydrogen-bond acceptors (Lipinski definition) is 5. The highest BCUT2D eigenvalue weighted by molar-refractivity contribution is 5.96. The second kappa shape index (κ2) is 5.96. The maximum atomic E-state index is 12.6. The van der Waals surface area contributed by atoms with Crippen molar-refractivity contribution in [2.45, 2.75) is 25.8 Å². The molecule has 1 atom stereocenters. The van der Waals surface area contributed by atoms with Crippen LogP contribution in [0, 0.1) is 6.92 Å². The number of pyridine rings is 1. The van der Waals surface area contributed by atoms with Gasteiger partial charge in [0.1, 0.15) is 17.4 Å². The summed E-state index contributed by atoms with van der Waals surface area (Å²) in [4.78, 5) is 23.3. The number of anilines is 2. The predicted octanol–water partition coefficient (Wildman–Crippen LogP) is 3.14. The Labute approximate surface area is 139 Å². The molecule has 1 saturated heterocycles. The van der Waals surface area contributed by atoms with Gasteiger partial charge in [-0.15, -0.1) is 0 Å². The minimum Gasteiger partial charge on any atom is -0.423 e. The highest BCUT2D eigenvalue weighted by Gasteiger charge is 2.34. The van der Waals surface area contributed by atoms with Crippen LogP contribution in [0.4, 0.5) is 11.8 Å². The average Bonchev–Trinajstić information content (AvgIpc) is 3.23. The van der Waals surface area contributed by atoms with Gasteiger partial charge in [0, 0.05) is 12.7 Å². The number of aromatic nitrogens is 2. The lowest BCUT2D eigenvalue weighted by molar-refractivity contribution is -0.117. The predicted molar refractivity (Wildman–Crippen MR) is 92.0 cm³/mol. The number of nitrogens with zero attached hydrogens (tertiary/aromatic N) is 3. The largest absolute Gasteiger partial charge is 0.423 e. The zero-order valence-corrected chi connectivity index (χ0v) is 13.4. The lowest BCUT2D eigenvalue weighted by Gasteiger charge is -2.21. The molecule has 4 rings (SSSR count). The van der Waals surface area contributed by atoms with Gasteiger partial charge in [0.25, 0.3) is 6.01 Å². The smallest absolute Gasteiger partial charge is 0.299 e. The van der Waals surface area contributed by atoms with Crippen molar-refractivity contribution < 1.29 is 9.21 Å². The monoisotopic (exact) mass is 322 g/mol. The quantitative estimate of drug-likeness (QED) is 0.802. The number of aryl methyl sites for hydroxylation is 1. The molecule has 1 aliphatic heterocycles. The van der Waals surface area contributed by atoms with E-state index in [4.69, 9.17) is 4.42 Å². The lowest BCUT2D eigenvalue weighted by atomic mass is 10.2. The normalized spacial score (nSPS) is 17.4. The van der Waals surface area contributed by atoms with Gasteiger partial charge in [-0.1, -0.05) is 18.2 Å². The third-order valence-electron chi connectivity index (χ3n) is 4.25. The third kappa shape index (κ3) is 2.71. The number of benzene rings is 1. The molecule has 2 aromatic heterocycles. The van der Waals surface area contributed by atoms with Gasteiger partial charge in [0.05, 0.1) is 0 Å². The molecule has 6 heteroatoms. The first-order chi connectivity index (χ1) is 11.7. The third-order valence-corrected chi connectivity index (χ3v) is 4.25.